The van der Waals surface area contributed by atoms with Gasteiger partial charge in [0.15, 0.2) is 0 Å². The zero-order valence-electron chi connectivity index (χ0n) is 10.1. The number of halogens is 1. The second kappa shape index (κ2) is 4.91. The Balaban J connectivity index is 2.61. The van der Waals surface area contributed by atoms with Gasteiger partial charge in [-0.3, -0.25) is 0 Å². The third-order valence-corrected chi connectivity index (χ3v) is 2.84. The maximum atomic E-state index is 13.4. The lowest BCUT2D eigenvalue weighted by molar-refractivity contribution is -0.131. The summed E-state index contributed by atoms with van der Waals surface area (Å²) in [5.41, 5.74) is 1.30. The van der Waals surface area contributed by atoms with Crippen LogP contribution in [0.1, 0.15) is 18.1 Å². The molecule has 94 valence electrons. The van der Waals surface area contributed by atoms with Gasteiger partial charge in [0.1, 0.15) is 11.9 Å². The van der Waals surface area contributed by atoms with Gasteiger partial charge in [-0.25, -0.2) is 9.18 Å². The quantitative estimate of drug-likeness (QED) is 0.837. The van der Waals surface area contributed by atoms with Crippen molar-refractivity contribution >= 4 is 22.3 Å². The molecule has 0 atom stereocenters. The standard InChI is InChI=1S/C15H10FNO2/c1-9(4-15(18)19)10-2-3-11-7-14(16)13(8-17)6-12(11)5-10/h2-7H,1H3,(H,18,19)/b9-4+. The number of rotatable bonds is 2. The van der Waals surface area contributed by atoms with Crippen LogP contribution in [-0.2, 0) is 4.79 Å². The first-order valence-corrected chi connectivity index (χ1v) is 5.56. The molecule has 0 aliphatic carbocycles. The molecule has 0 aromatic heterocycles. The van der Waals surface area contributed by atoms with Gasteiger partial charge in [0.25, 0.3) is 0 Å². The van der Waals surface area contributed by atoms with Crippen LogP contribution in [0.2, 0.25) is 0 Å². The van der Waals surface area contributed by atoms with Crippen LogP contribution >= 0.6 is 0 Å². The normalized spacial score (nSPS) is 11.3. The first kappa shape index (κ1) is 12.8. The minimum absolute atomic E-state index is 0.0236. The minimum Gasteiger partial charge on any atom is -0.478 e. The fourth-order valence-electron chi connectivity index (χ4n) is 1.87. The predicted octanol–water partition coefficient (Wildman–Crippen LogP) is 3.34. The van der Waals surface area contributed by atoms with Gasteiger partial charge >= 0.3 is 5.97 Å². The highest BCUT2D eigenvalue weighted by Gasteiger charge is 2.06. The van der Waals surface area contributed by atoms with Crippen molar-refractivity contribution in [3.8, 4) is 6.07 Å². The molecular formula is C15H10FNO2. The Morgan fingerprint density at radius 1 is 1.32 bits per heavy atom. The molecule has 19 heavy (non-hydrogen) atoms. The van der Waals surface area contributed by atoms with Crippen molar-refractivity contribution in [2.75, 3.05) is 0 Å². The fraction of sp³-hybridized carbons (Fsp3) is 0.0667. The van der Waals surface area contributed by atoms with Crippen molar-refractivity contribution in [2.45, 2.75) is 6.92 Å². The van der Waals surface area contributed by atoms with E-state index in [0.29, 0.717) is 16.3 Å². The zero-order chi connectivity index (χ0) is 14.0. The first-order chi connectivity index (χ1) is 9.01. The van der Waals surface area contributed by atoms with E-state index in [1.807, 2.05) is 0 Å². The van der Waals surface area contributed by atoms with E-state index in [4.69, 9.17) is 10.4 Å². The number of allylic oxidation sites excluding steroid dienone is 1. The molecule has 0 saturated carbocycles. The number of hydrogen-bond acceptors (Lipinski definition) is 2. The highest BCUT2D eigenvalue weighted by molar-refractivity contribution is 5.92. The smallest absolute Gasteiger partial charge is 0.328 e. The van der Waals surface area contributed by atoms with Gasteiger partial charge < -0.3 is 5.11 Å². The Morgan fingerprint density at radius 2 is 2.05 bits per heavy atom. The highest BCUT2D eigenvalue weighted by atomic mass is 19.1. The van der Waals surface area contributed by atoms with E-state index in [1.165, 1.54) is 12.1 Å². The van der Waals surface area contributed by atoms with Crippen molar-refractivity contribution in [2.24, 2.45) is 0 Å². The average molecular weight is 255 g/mol. The summed E-state index contributed by atoms with van der Waals surface area (Å²) in [4.78, 5) is 10.6. The van der Waals surface area contributed by atoms with E-state index in [9.17, 15) is 9.18 Å². The number of benzene rings is 2. The average Bonchev–Trinajstić information content (AvgIpc) is 2.36. The van der Waals surface area contributed by atoms with E-state index >= 15 is 0 Å². The minimum atomic E-state index is -1.02. The summed E-state index contributed by atoms with van der Waals surface area (Å²) < 4.78 is 13.4. The van der Waals surface area contributed by atoms with Gasteiger partial charge in [-0.1, -0.05) is 12.1 Å². The van der Waals surface area contributed by atoms with Crippen LogP contribution in [0, 0.1) is 17.1 Å². The first-order valence-electron chi connectivity index (χ1n) is 5.56. The number of hydrogen-bond donors (Lipinski definition) is 1. The number of fused-ring (bicyclic) bond motifs is 1. The number of nitrogens with zero attached hydrogens (tertiary/aromatic N) is 1. The Morgan fingerprint density at radius 3 is 2.68 bits per heavy atom. The summed E-state index contributed by atoms with van der Waals surface area (Å²) in [5.74, 6) is -1.57. The summed E-state index contributed by atoms with van der Waals surface area (Å²) in [6, 6.07) is 9.71. The lowest BCUT2D eigenvalue weighted by Gasteiger charge is -2.05. The molecule has 1 N–H and O–H groups in total. The van der Waals surface area contributed by atoms with Gasteiger partial charge in [0, 0.05) is 6.08 Å². The highest BCUT2D eigenvalue weighted by Crippen LogP contribution is 2.23. The summed E-state index contributed by atoms with van der Waals surface area (Å²) in [5, 5.41) is 18.9. The van der Waals surface area contributed by atoms with Crippen LogP contribution < -0.4 is 0 Å². The largest absolute Gasteiger partial charge is 0.478 e. The van der Waals surface area contributed by atoms with E-state index < -0.39 is 11.8 Å². The zero-order valence-corrected chi connectivity index (χ0v) is 10.1. The van der Waals surface area contributed by atoms with Crippen molar-refractivity contribution in [3.63, 3.8) is 0 Å². The number of nitriles is 1. The molecule has 0 saturated heterocycles. The van der Waals surface area contributed by atoms with Crippen molar-refractivity contribution < 1.29 is 14.3 Å². The van der Waals surface area contributed by atoms with Crippen molar-refractivity contribution in [1.82, 2.24) is 0 Å². The molecule has 0 bridgehead atoms. The second-order valence-electron chi connectivity index (χ2n) is 4.17. The SMILES string of the molecule is C/C(=C\C(=O)O)c1ccc2cc(F)c(C#N)cc2c1. The van der Waals surface area contributed by atoms with Crippen LogP contribution in [0.5, 0.6) is 0 Å². The number of aliphatic carboxylic acids is 1. The molecule has 0 heterocycles. The van der Waals surface area contributed by atoms with Crippen LogP contribution in [0.25, 0.3) is 16.3 Å². The van der Waals surface area contributed by atoms with E-state index in [-0.39, 0.29) is 5.56 Å². The van der Waals surface area contributed by atoms with Gasteiger partial charge in [0.05, 0.1) is 5.56 Å². The lowest BCUT2D eigenvalue weighted by atomic mass is 10.0. The molecule has 2 rings (SSSR count). The maximum absolute atomic E-state index is 13.4. The van der Waals surface area contributed by atoms with Crippen LogP contribution in [-0.4, -0.2) is 11.1 Å². The maximum Gasteiger partial charge on any atom is 0.328 e. The summed E-state index contributed by atoms with van der Waals surface area (Å²) in [6.45, 7) is 1.68. The van der Waals surface area contributed by atoms with Gasteiger partial charge in [-0.2, -0.15) is 5.26 Å². The lowest BCUT2D eigenvalue weighted by Crippen LogP contribution is -1.91. The number of carboxylic acids is 1. The van der Waals surface area contributed by atoms with Crippen LogP contribution in [0.3, 0.4) is 0 Å². The van der Waals surface area contributed by atoms with Gasteiger partial charge in [0.2, 0.25) is 0 Å². The molecule has 2 aromatic carbocycles. The Bertz CT molecular complexity index is 742. The molecule has 0 radical (unpaired) electrons. The number of carboxylic acid groups (broad SMARTS) is 1. The van der Waals surface area contributed by atoms with E-state index in [2.05, 4.69) is 0 Å². The summed E-state index contributed by atoms with van der Waals surface area (Å²) >= 11 is 0. The van der Waals surface area contributed by atoms with Crippen LogP contribution in [0.4, 0.5) is 4.39 Å². The fourth-order valence-corrected chi connectivity index (χ4v) is 1.87. The second-order valence-corrected chi connectivity index (χ2v) is 4.17. The van der Waals surface area contributed by atoms with Gasteiger partial charge in [-0.15, -0.1) is 0 Å². The third-order valence-electron chi connectivity index (χ3n) is 2.84. The molecule has 4 heteroatoms. The molecule has 0 spiro atoms. The molecule has 0 aliphatic rings. The Kier molecular flexibility index (Phi) is 3.30. The van der Waals surface area contributed by atoms with Crippen molar-refractivity contribution in [3.05, 3.63) is 53.4 Å². The molecule has 0 unspecified atom stereocenters. The molecular weight excluding hydrogens is 245 g/mol. The predicted molar refractivity (Wildman–Crippen MR) is 69.9 cm³/mol. The summed E-state index contributed by atoms with van der Waals surface area (Å²) in [7, 11) is 0. The molecule has 0 fully saturated rings. The molecule has 0 aliphatic heterocycles. The molecule has 0 amide bonds. The third kappa shape index (κ3) is 2.61. The Hall–Kier alpha value is -2.67. The Labute approximate surface area is 109 Å². The monoisotopic (exact) mass is 255 g/mol. The topological polar surface area (TPSA) is 61.1 Å². The van der Waals surface area contributed by atoms with Gasteiger partial charge in [-0.05, 0) is 47.0 Å². The number of carbonyl (C=O) groups is 1. The van der Waals surface area contributed by atoms with E-state index in [0.717, 1.165) is 11.6 Å². The molecule has 2 aromatic rings. The summed E-state index contributed by atoms with van der Waals surface area (Å²) in [6.07, 6.45) is 1.11. The van der Waals surface area contributed by atoms with E-state index in [1.54, 1.807) is 31.2 Å². The van der Waals surface area contributed by atoms with Crippen molar-refractivity contribution in [1.29, 1.82) is 5.26 Å². The van der Waals surface area contributed by atoms with Crippen LogP contribution in [0.15, 0.2) is 36.4 Å². The molecule has 3 nitrogen and oxygen atoms in total.